The van der Waals surface area contributed by atoms with E-state index in [0.29, 0.717) is 24.3 Å². The third-order valence-corrected chi connectivity index (χ3v) is 9.43. The van der Waals surface area contributed by atoms with Gasteiger partial charge in [-0.3, -0.25) is 4.79 Å². The molecular formula is C26H30N2O4S. The van der Waals surface area contributed by atoms with Gasteiger partial charge in [-0.25, -0.2) is 8.42 Å². The Kier molecular flexibility index (Phi) is 4.99. The van der Waals surface area contributed by atoms with E-state index in [9.17, 15) is 13.2 Å². The fourth-order valence-corrected chi connectivity index (χ4v) is 7.49. The van der Waals surface area contributed by atoms with E-state index in [2.05, 4.69) is 0 Å². The molecule has 3 atom stereocenters. The van der Waals surface area contributed by atoms with Crippen LogP contribution in [0.15, 0.2) is 58.2 Å². The van der Waals surface area contributed by atoms with E-state index in [1.807, 2.05) is 64.1 Å². The average Bonchev–Trinajstić information content (AvgIpc) is 3.19. The molecule has 174 valence electrons. The molecule has 0 radical (unpaired) electrons. The number of rotatable bonds is 3. The molecule has 3 aromatic rings. The highest BCUT2D eigenvalue weighted by Crippen LogP contribution is 2.53. The standard InChI is InChI=1S/C26H30N2O4S/c1-6-20-22-19(15-28(20)33(30,31)17-13-11-16(2)12-14-17)26(3,4)32-24-18-9-7-8-10-21(18)27(5)25(29)23(22)24/h7-14,19-20,22H,6,15H2,1-5H3/t19-,20+,22-/m0/s1. The summed E-state index contributed by atoms with van der Waals surface area (Å²) in [5.74, 6) is 0.231. The number of nitrogens with zero attached hydrogens (tertiary/aromatic N) is 2. The summed E-state index contributed by atoms with van der Waals surface area (Å²) in [5, 5.41) is 0.885. The fraction of sp³-hybridized carbons (Fsp3) is 0.423. The molecule has 7 heteroatoms. The Labute approximate surface area is 194 Å². The largest absolute Gasteiger partial charge is 0.486 e. The molecule has 2 aliphatic heterocycles. The second kappa shape index (κ2) is 7.43. The zero-order valence-corrected chi connectivity index (χ0v) is 20.5. The van der Waals surface area contributed by atoms with Gasteiger partial charge in [0.05, 0.1) is 16.0 Å². The van der Waals surface area contributed by atoms with Gasteiger partial charge in [-0.2, -0.15) is 4.31 Å². The fourth-order valence-electron chi connectivity index (χ4n) is 5.75. The van der Waals surface area contributed by atoms with Gasteiger partial charge in [-0.05, 0) is 51.5 Å². The van der Waals surface area contributed by atoms with E-state index in [1.165, 1.54) is 0 Å². The molecule has 0 amide bonds. The first-order valence-electron chi connectivity index (χ1n) is 11.5. The van der Waals surface area contributed by atoms with Gasteiger partial charge in [-0.1, -0.05) is 36.8 Å². The van der Waals surface area contributed by atoms with Crippen LogP contribution in [0.2, 0.25) is 0 Å². The van der Waals surface area contributed by atoms with Crippen molar-refractivity contribution in [2.45, 2.75) is 56.6 Å². The number of hydrogen-bond donors (Lipinski definition) is 0. The molecule has 5 rings (SSSR count). The summed E-state index contributed by atoms with van der Waals surface area (Å²) >= 11 is 0. The number of sulfonamides is 1. The smallest absolute Gasteiger partial charge is 0.258 e. The number of ether oxygens (including phenoxy) is 1. The second-order valence-corrected chi connectivity index (χ2v) is 11.7. The summed E-state index contributed by atoms with van der Waals surface area (Å²) in [7, 11) is -1.95. The maximum absolute atomic E-state index is 13.7. The molecule has 33 heavy (non-hydrogen) atoms. The number of benzene rings is 2. The summed E-state index contributed by atoms with van der Waals surface area (Å²) in [5.41, 5.74) is 1.69. The van der Waals surface area contributed by atoms with Gasteiger partial charge in [0.1, 0.15) is 11.4 Å². The molecular weight excluding hydrogens is 436 g/mol. The number of aryl methyl sites for hydroxylation is 2. The van der Waals surface area contributed by atoms with Gasteiger partial charge in [-0.15, -0.1) is 0 Å². The number of para-hydroxylation sites is 1. The maximum atomic E-state index is 13.7. The number of pyridine rings is 1. The van der Waals surface area contributed by atoms with Gasteiger partial charge in [0.2, 0.25) is 10.0 Å². The Morgan fingerprint density at radius 1 is 1.09 bits per heavy atom. The summed E-state index contributed by atoms with van der Waals surface area (Å²) in [4.78, 5) is 13.9. The molecule has 0 saturated carbocycles. The molecule has 2 aromatic carbocycles. The van der Waals surface area contributed by atoms with Crippen LogP contribution in [0.25, 0.3) is 10.9 Å². The van der Waals surface area contributed by atoms with Crippen LogP contribution in [0, 0.1) is 12.8 Å². The molecule has 2 aliphatic rings. The molecule has 1 aromatic heterocycles. The third-order valence-electron chi connectivity index (χ3n) is 7.52. The highest BCUT2D eigenvalue weighted by Gasteiger charge is 2.57. The monoisotopic (exact) mass is 466 g/mol. The van der Waals surface area contributed by atoms with Gasteiger partial charge in [0, 0.05) is 36.9 Å². The summed E-state index contributed by atoms with van der Waals surface area (Å²) in [6.07, 6.45) is 0.609. The lowest BCUT2D eigenvalue weighted by Gasteiger charge is -2.42. The second-order valence-electron chi connectivity index (χ2n) is 9.83. The third kappa shape index (κ3) is 3.16. The zero-order valence-electron chi connectivity index (χ0n) is 19.7. The molecule has 0 unspecified atom stereocenters. The van der Waals surface area contributed by atoms with Crippen LogP contribution in [0.3, 0.4) is 0 Å². The van der Waals surface area contributed by atoms with Crippen LogP contribution >= 0.6 is 0 Å². The Morgan fingerprint density at radius 2 is 1.76 bits per heavy atom. The Balaban J connectivity index is 1.73. The number of fused-ring (bicyclic) bond motifs is 5. The van der Waals surface area contributed by atoms with E-state index in [0.717, 1.165) is 16.5 Å². The normalized spacial score (nSPS) is 24.3. The summed E-state index contributed by atoms with van der Waals surface area (Å²) < 4.78 is 37.3. The van der Waals surface area contributed by atoms with Crippen molar-refractivity contribution in [3.05, 3.63) is 70.0 Å². The minimum Gasteiger partial charge on any atom is -0.486 e. The molecule has 1 saturated heterocycles. The van der Waals surface area contributed by atoms with Crippen molar-refractivity contribution in [2.75, 3.05) is 6.54 Å². The molecule has 1 fully saturated rings. The van der Waals surface area contributed by atoms with Gasteiger partial charge in [0.15, 0.2) is 0 Å². The van der Waals surface area contributed by atoms with Crippen LogP contribution in [-0.2, 0) is 17.1 Å². The first-order valence-corrected chi connectivity index (χ1v) is 12.9. The Morgan fingerprint density at radius 3 is 2.42 bits per heavy atom. The van der Waals surface area contributed by atoms with E-state index in [-0.39, 0.29) is 28.3 Å². The van der Waals surface area contributed by atoms with Crippen LogP contribution in [-0.4, -0.2) is 35.5 Å². The quantitative estimate of drug-likeness (QED) is 0.580. The van der Waals surface area contributed by atoms with Crippen molar-refractivity contribution >= 4 is 20.9 Å². The van der Waals surface area contributed by atoms with Crippen molar-refractivity contribution in [2.24, 2.45) is 13.0 Å². The molecule has 0 bridgehead atoms. The van der Waals surface area contributed by atoms with Crippen molar-refractivity contribution in [3.63, 3.8) is 0 Å². The highest BCUT2D eigenvalue weighted by atomic mass is 32.2. The van der Waals surface area contributed by atoms with E-state index >= 15 is 0 Å². The van der Waals surface area contributed by atoms with Crippen molar-refractivity contribution < 1.29 is 13.2 Å². The predicted octanol–water partition coefficient (Wildman–Crippen LogP) is 4.20. The topological polar surface area (TPSA) is 68.6 Å². The summed E-state index contributed by atoms with van der Waals surface area (Å²) in [6, 6.07) is 14.4. The number of hydrogen-bond acceptors (Lipinski definition) is 4. The van der Waals surface area contributed by atoms with Crippen molar-refractivity contribution in [3.8, 4) is 5.75 Å². The first-order chi connectivity index (χ1) is 15.6. The first kappa shape index (κ1) is 22.2. The molecule has 6 nitrogen and oxygen atoms in total. The molecule has 0 spiro atoms. The van der Waals surface area contributed by atoms with Gasteiger partial charge < -0.3 is 9.30 Å². The predicted molar refractivity (Wildman–Crippen MR) is 129 cm³/mol. The lowest BCUT2D eigenvalue weighted by Crippen LogP contribution is -2.47. The Hall–Kier alpha value is -2.64. The SMILES string of the molecule is CC[C@@H]1[C@H]2c3c(c4ccccc4n(C)c3=O)OC(C)(C)[C@H]2CN1S(=O)(=O)c1ccc(C)cc1. The van der Waals surface area contributed by atoms with Crippen LogP contribution in [0.4, 0.5) is 0 Å². The van der Waals surface area contributed by atoms with Crippen LogP contribution in [0.1, 0.15) is 44.2 Å². The van der Waals surface area contributed by atoms with Crippen molar-refractivity contribution in [1.29, 1.82) is 0 Å². The molecule has 3 heterocycles. The molecule has 0 N–H and O–H groups in total. The highest BCUT2D eigenvalue weighted by molar-refractivity contribution is 7.89. The number of aromatic nitrogens is 1. The minimum absolute atomic E-state index is 0.109. The lowest BCUT2D eigenvalue weighted by atomic mass is 9.73. The van der Waals surface area contributed by atoms with E-state index in [4.69, 9.17) is 4.74 Å². The summed E-state index contributed by atoms with van der Waals surface area (Å²) in [6.45, 7) is 8.27. The Bertz CT molecular complexity index is 1410. The molecule has 0 aliphatic carbocycles. The minimum atomic E-state index is -3.72. The van der Waals surface area contributed by atoms with Crippen LogP contribution in [0.5, 0.6) is 5.75 Å². The van der Waals surface area contributed by atoms with Gasteiger partial charge in [0.25, 0.3) is 5.56 Å². The maximum Gasteiger partial charge on any atom is 0.258 e. The zero-order chi connectivity index (χ0) is 23.7. The van der Waals surface area contributed by atoms with Gasteiger partial charge >= 0.3 is 0 Å². The van der Waals surface area contributed by atoms with Crippen LogP contribution < -0.4 is 10.3 Å². The van der Waals surface area contributed by atoms with E-state index < -0.39 is 15.6 Å². The lowest BCUT2D eigenvalue weighted by molar-refractivity contribution is 0.0245. The average molecular weight is 467 g/mol. The van der Waals surface area contributed by atoms with E-state index in [1.54, 1.807) is 28.1 Å². The van der Waals surface area contributed by atoms with Crippen molar-refractivity contribution in [1.82, 2.24) is 8.87 Å².